The summed E-state index contributed by atoms with van der Waals surface area (Å²) in [5, 5.41) is 18.1. The van der Waals surface area contributed by atoms with Crippen LogP contribution in [0.15, 0.2) is 24.3 Å². The number of hydrogen-bond donors (Lipinski definition) is 2. The monoisotopic (exact) mass is 376 g/mol. The molecule has 3 heteroatoms. The van der Waals surface area contributed by atoms with Crippen LogP contribution in [0.5, 0.6) is 5.75 Å². The molecule has 1 rings (SSSR count). The molecule has 0 bridgehead atoms. The Bertz CT molecular complexity index is 481. The number of benzene rings is 1. The van der Waals surface area contributed by atoms with Gasteiger partial charge >= 0.3 is 5.97 Å². The summed E-state index contributed by atoms with van der Waals surface area (Å²) >= 11 is 0. The normalized spacial score (nSPS) is 12.2. The van der Waals surface area contributed by atoms with Crippen molar-refractivity contribution in [3.8, 4) is 5.75 Å². The van der Waals surface area contributed by atoms with Gasteiger partial charge in [-0.15, -0.1) is 0 Å². The van der Waals surface area contributed by atoms with E-state index in [-0.39, 0.29) is 0 Å². The molecule has 1 atom stereocenters. The molecule has 0 heterocycles. The van der Waals surface area contributed by atoms with Crippen LogP contribution < -0.4 is 0 Å². The maximum atomic E-state index is 10.5. The number of carboxylic acids is 1. The Morgan fingerprint density at radius 2 is 1.26 bits per heavy atom. The largest absolute Gasteiger partial charge is 0.508 e. The number of carbonyl (C=O) groups is 1. The molecule has 1 aromatic rings. The average molecular weight is 377 g/mol. The highest BCUT2D eigenvalue weighted by molar-refractivity contribution is 5.66. The van der Waals surface area contributed by atoms with E-state index in [1.54, 1.807) is 0 Å². The van der Waals surface area contributed by atoms with Crippen molar-refractivity contribution < 1.29 is 15.0 Å². The van der Waals surface area contributed by atoms with E-state index in [2.05, 4.69) is 19.1 Å². The van der Waals surface area contributed by atoms with Gasteiger partial charge in [-0.1, -0.05) is 89.7 Å². The molecule has 0 aliphatic carbocycles. The highest BCUT2D eigenvalue weighted by Gasteiger charge is 2.11. The summed E-state index contributed by atoms with van der Waals surface area (Å²) in [5.74, 6) is 0.315. The second-order valence-electron chi connectivity index (χ2n) is 7.90. The second-order valence-corrected chi connectivity index (χ2v) is 7.90. The number of aliphatic carboxylic acids is 1. The minimum Gasteiger partial charge on any atom is -0.508 e. The molecule has 0 spiro atoms. The number of carboxylic acid groups (broad SMARTS) is 1. The number of hydrogen-bond acceptors (Lipinski definition) is 2. The van der Waals surface area contributed by atoms with Crippen LogP contribution in [0.25, 0.3) is 0 Å². The van der Waals surface area contributed by atoms with Gasteiger partial charge in [0.1, 0.15) is 5.75 Å². The lowest BCUT2D eigenvalue weighted by Crippen LogP contribution is -1.99. The van der Waals surface area contributed by atoms with Crippen LogP contribution in [0.1, 0.15) is 115 Å². The predicted octanol–water partition coefficient (Wildman–Crippen LogP) is 7.43. The third-order valence-corrected chi connectivity index (χ3v) is 5.46. The van der Waals surface area contributed by atoms with Gasteiger partial charge in [0.05, 0.1) is 0 Å². The Morgan fingerprint density at radius 1 is 0.778 bits per heavy atom. The summed E-state index contributed by atoms with van der Waals surface area (Å²) in [5.41, 5.74) is 1.38. The second kappa shape index (κ2) is 15.5. The predicted molar refractivity (Wildman–Crippen MR) is 113 cm³/mol. The van der Waals surface area contributed by atoms with Gasteiger partial charge < -0.3 is 10.2 Å². The van der Waals surface area contributed by atoms with Crippen molar-refractivity contribution in [3.63, 3.8) is 0 Å². The molecule has 154 valence electrons. The zero-order valence-corrected chi connectivity index (χ0v) is 17.3. The van der Waals surface area contributed by atoms with Crippen molar-refractivity contribution in [3.05, 3.63) is 29.8 Å². The molecular formula is C24H40O3. The molecular weight excluding hydrogens is 336 g/mol. The number of phenols is 1. The molecule has 0 radical (unpaired) electrons. The zero-order valence-electron chi connectivity index (χ0n) is 17.3. The van der Waals surface area contributed by atoms with Crippen molar-refractivity contribution in [1.82, 2.24) is 0 Å². The standard InChI is InChI=1S/C24H40O3/c1-2-3-11-14-21(22-17-19-23(25)20-18-22)15-12-9-7-5-4-6-8-10-13-16-24(26)27/h17-21,25H,2-16H2,1H3,(H,26,27). The van der Waals surface area contributed by atoms with E-state index < -0.39 is 5.97 Å². The van der Waals surface area contributed by atoms with Crippen molar-refractivity contribution in [2.45, 2.75) is 109 Å². The lowest BCUT2D eigenvalue weighted by atomic mass is 9.88. The minimum absolute atomic E-state index is 0.320. The smallest absolute Gasteiger partial charge is 0.303 e. The molecule has 0 aliphatic rings. The molecule has 2 N–H and O–H groups in total. The maximum Gasteiger partial charge on any atom is 0.303 e. The summed E-state index contributed by atoms with van der Waals surface area (Å²) in [6.45, 7) is 2.25. The number of aromatic hydroxyl groups is 1. The Kier molecular flexibility index (Phi) is 13.5. The molecule has 3 nitrogen and oxygen atoms in total. The van der Waals surface area contributed by atoms with E-state index in [0.29, 0.717) is 18.1 Å². The number of phenolic OH excluding ortho intramolecular Hbond substituents is 1. The lowest BCUT2D eigenvalue weighted by Gasteiger charge is -2.17. The van der Waals surface area contributed by atoms with Crippen LogP contribution in [0, 0.1) is 0 Å². The Hall–Kier alpha value is -1.51. The van der Waals surface area contributed by atoms with Gasteiger partial charge in [-0.2, -0.15) is 0 Å². The summed E-state index contributed by atoms with van der Waals surface area (Å²) in [7, 11) is 0. The van der Waals surface area contributed by atoms with E-state index in [1.165, 1.54) is 82.6 Å². The number of rotatable bonds is 17. The first kappa shape index (κ1) is 23.5. The fourth-order valence-electron chi connectivity index (χ4n) is 3.77. The number of unbranched alkanes of at least 4 members (excludes halogenated alkanes) is 10. The van der Waals surface area contributed by atoms with E-state index in [1.807, 2.05) is 12.1 Å². The van der Waals surface area contributed by atoms with E-state index in [4.69, 9.17) is 5.11 Å². The molecule has 1 aromatic carbocycles. The lowest BCUT2D eigenvalue weighted by molar-refractivity contribution is -0.137. The van der Waals surface area contributed by atoms with Crippen LogP contribution in [0.4, 0.5) is 0 Å². The highest BCUT2D eigenvalue weighted by Crippen LogP contribution is 2.29. The molecule has 0 aromatic heterocycles. The van der Waals surface area contributed by atoms with Gasteiger partial charge in [0.15, 0.2) is 0 Å². The topological polar surface area (TPSA) is 57.5 Å². The van der Waals surface area contributed by atoms with E-state index in [9.17, 15) is 9.90 Å². The van der Waals surface area contributed by atoms with Crippen molar-refractivity contribution >= 4 is 5.97 Å². The van der Waals surface area contributed by atoms with Gasteiger partial charge in [-0.25, -0.2) is 0 Å². The molecule has 27 heavy (non-hydrogen) atoms. The van der Waals surface area contributed by atoms with Gasteiger partial charge in [0, 0.05) is 6.42 Å². The van der Waals surface area contributed by atoms with Gasteiger partial charge in [-0.3, -0.25) is 4.79 Å². The van der Waals surface area contributed by atoms with Crippen molar-refractivity contribution in [1.29, 1.82) is 0 Å². The fraction of sp³-hybridized carbons (Fsp3) is 0.708. The Balaban J connectivity index is 2.12. The summed E-state index contributed by atoms with van der Waals surface area (Å²) < 4.78 is 0. The first-order chi connectivity index (χ1) is 13.1. The van der Waals surface area contributed by atoms with Crippen molar-refractivity contribution in [2.24, 2.45) is 0 Å². The molecule has 0 aliphatic heterocycles. The third-order valence-electron chi connectivity index (χ3n) is 5.46. The fourth-order valence-corrected chi connectivity index (χ4v) is 3.77. The average Bonchev–Trinajstić information content (AvgIpc) is 2.65. The van der Waals surface area contributed by atoms with E-state index >= 15 is 0 Å². The quantitative estimate of drug-likeness (QED) is 0.278. The maximum absolute atomic E-state index is 10.5. The summed E-state index contributed by atoms with van der Waals surface area (Å²) in [6, 6.07) is 7.82. The van der Waals surface area contributed by atoms with Gasteiger partial charge in [0.2, 0.25) is 0 Å². The zero-order chi connectivity index (χ0) is 19.7. The first-order valence-corrected chi connectivity index (χ1v) is 11.1. The van der Waals surface area contributed by atoms with Crippen LogP contribution in [-0.2, 0) is 4.79 Å². The highest BCUT2D eigenvalue weighted by atomic mass is 16.4. The van der Waals surface area contributed by atoms with Gasteiger partial charge in [0.25, 0.3) is 0 Å². The molecule has 0 amide bonds. The van der Waals surface area contributed by atoms with E-state index in [0.717, 1.165) is 12.8 Å². The van der Waals surface area contributed by atoms with Crippen LogP contribution in [0.3, 0.4) is 0 Å². The Labute approximate surface area is 166 Å². The molecule has 1 unspecified atom stereocenters. The minimum atomic E-state index is -0.671. The third kappa shape index (κ3) is 12.5. The van der Waals surface area contributed by atoms with Crippen LogP contribution in [-0.4, -0.2) is 16.2 Å². The Morgan fingerprint density at radius 3 is 1.78 bits per heavy atom. The first-order valence-electron chi connectivity index (χ1n) is 11.1. The molecule has 0 saturated carbocycles. The van der Waals surface area contributed by atoms with Crippen LogP contribution in [0.2, 0.25) is 0 Å². The van der Waals surface area contributed by atoms with Crippen molar-refractivity contribution in [2.75, 3.05) is 0 Å². The summed E-state index contributed by atoms with van der Waals surface area (Å²) in [4.78, 5) is 10.5. The SMILES string of the molecule is CCCCCC(CCCCCCCCCCCC(=O)O)c1ccc(O)cc1. The molecule has 0 fully saturated rings. The summed E-state index contributed by atoms with van der Waals surface area (Å²) in [6.07, 6.45) is 17.5. The molecule has 0 saturated heterocycles. The van der Waals surface area contributed by atoms with Gasteiger partial charge in [-0.05, 0) is 42.9 Å². The van der Waals surface area contributed by atoms with Crippen LogP contribution >= 0.6 is 0 Å².